The van der Waals surface area contributed by atoms with E-state index in [0.717, 1.165) is 11.1 Å². The van der Waals surface area contributed by atoms with E-state index in [2.05, 4.69) is 6.07 Å². The number of nitriles is 1. The van der Waals surface area contributed by atoms with Crippen LogP contribution in [0.15, 0.2) is 54.6 Å². The van der Waals surface area contributed by atoms with Crippen LogP contribution in [0.5, 0.6) is 0 Å². The summed E-state index contributed by atoms with van der Waals surface area (Å²) in [6.45, 7) is 1.83. The fourth-order valence-corrected chi connectivity index (χ4v) is 2.38. The van der Waals surface area contributed by atoms with Crippen LogP contribution in [-0.4, -0.2) is 5.24 Å². The zero-order valence-electron chi connectivity index (χ0n) is 11.1. The van der Waals surface area contributed by atoms with E-state index >= 15 is 0 Å². The molecule has 0 bridgehead atoms. The number of hydrogen-bond acceptors (Lipinski definition) is 2. The molecule has 0 heterocycles. The van der Waals surface area contributed by atoms with Gasteiger partial charge >= 0.3 is 0 Å². The normalized spacial score (nSPS) is 13.2. The molecular weight excluding hydrogens is 270 g/mol. The zero-order valence-corrected chi connectivity index (χ0v) is 11.9. The van der Waals surface area contributed by atoms with E-state index in [1.807, 2.05) is 37.3 Å². The van der Waals surface area contributed by atoms with Crippen molar-refractivity contribution in [3.8, 4) is 6.07 Å². The van der Waals surface area contributed by atoms with Crippen molar-refractivity contribution in [1.29, 1.82) is 5.26 Å². The summed E-state index contributed by atoms with van der Waals surface area (Å²) in [6.07, 6.45) is 0.530. The first kappa shape index (κ1) is 14.3. The molecule has 0 saturated heterocycles. The van der Waals surface area contributed by atoms with Crippen LogP contribution in [-0.2, 0) is 16.6 Å². The van der Waals surface area contributed by atoms with Gasteiger partial charge in [0.2, 0.25) is 5.24 Å². The Bertz CT molecular complexity index is 643. The van der Waals surface area contributed by atoms with Gasteiger partial charge in [-0.3, -0.25) is 4.79 Å². The van der Waals surface area contributed by atoms with E-state index in [1.54, 1.807) is 24.3 Å². The van der Waals surface area contributed by atoms with Gasteiger partial charge in [-0.1, -0.05) is 42.5 Å². The Hall–Kier alpha value is -2.11. The van der Waals surface area contributed by atoms with Crippen molar-refractivity contribution >= 4 is 16.8 Å². The number of carbonyl (C=O) groups excluding carboxylic acids is 1. The summed E-state index contributed by atoms with van der Waals surface area (Å²) in [4.78, 5) is 11.9. The molecule has 3 heteroatoms. The smallest absolute Gasteiger partial charge is 0.232 e. The lowest BCUT2D eigenvalue weighted by Crippen LogP contribution is -2.31. The summed E-state index contributed by atoms with van der Waals surface area (Å²) in [6, 6.07) is 18.8. The van der Waals surface area contributed by atoms with Crippen molar-refractivity contribution in [2.75, 3.05) is 0 Å². The van der Waals surface area contributed by atoms with E-state index in [4.69, 9.17) is 16.9 Å². The molecule has 2 aromatic carbocycles. The van der Waals surface area contributed by atoms with Crippen LogP contribution in [0.25, 0.3) is 0 Å². The molecule has 0 spiro atoms. The molecule has 1 unspecified atom stereocenters. The zero-order chi connectivity index (χ0) is 14.6. The molecule has 100 valence electrons. The second-order valence-corrected chi connectivity index (χ2v) is 5.30. The molecule has 2 aromatic rings. The molecule has 0 aliphatic carbocycles. The van der Waals surface area contributed by atoms with Crippen molar-refractivity contribution in [3.63, 3.8) is 0 Å². The van der Waals surface area contributed by atoms with Crippen molar-refractivity contribution < 1.29 is 4.79 Å². The van der Waals surface area contributed by atoms with E-state index < -0.39 is 10.7 Å². The molecule has 0 aliphatic rings. The monoisotopic (exact) mass is 283 g/mol. The standard InChI is InChI=1S/C17H14ClNO/c1-17(16(18)20,11-13-5-3-2-4-6-13)15-9-7-14(12-19)8-10-15/h2-10H,11H2,1H3. The Balaban J connectivity index is 2.38. The largest absolute Gasteiger partial charge is 0.280 e. The fraction of sp³-hybridized carbons (Fsp3) is 0.176. The number of rotatable bonds is 4. The quantitative estimate of drug-likeness (QED) is 0.800. The molecule has 20 heavy (non-hydrogen) atoms. The van der Waals surface area contributed by atoms with E-state index in [0.29, 0.717) is 12.0 Å². The van der Waals surface area contributed by atoms with Gasteiger partial charge in [-0.15, -0.1) is 0 Å². The van der Waals surface area contributed by atoms with Gasteiger partial charge in [-0.2, -0.15) is 5.26 Å². The number of carbonyl (C=O) groups is 1. The lowest BCUT2D eigenvalue weighted by molar-refractivity contribution is -0.116. The maximum atomic E-state index is 11.9. The van der Waals surface area contributed by atoms with Crippen LogP contribution in [0.3, 0.4) is 0 Å². The Morgan fingerprint density at radius 3 is 2.25 bits per heavy atom. The van der Waals surface area contributed by atoms with Crippen LogP contribution >= 0.6 is 11.6 Å². The first-order valence-corrected chi connectivity index (χ1v) is 6.68. The first-order chi connectivity index (χ1) is 9.56. The summed E-state index contributed by atoms with van der Waals surface area (Å²) in [7, 11) is 0. The lowest BCUT2D eigenvalue weighted by atomic mass is 9.78. The third-order valence-electron chi connectivity index (χ3n) is 3.49. The van der Waals surface area contributed by atoms with Gasteiger partial charge < -0.3 is 0 Å². The van der Waals surface area contributed by atoms with Gasteiger partial charge in [0.25, 0.3) is 0 Å². The van der Waals surface area contributed by atoms with Gasteiger partial charge in [0.15, 0.2) is 0 Å². The third-order valence-corrected chi connectivity index (χ3v) is 3.90. The van der Waals surface area contributed by atoms with Crippen LogP contribution < -0.4 is 0 Å². The van der Waals surface area contributed by atoms with E-state index in [9.17, 15) is 4.79 Å². The highest BCUT2D eigenvalue weighted by molar-refractivity contribution is 6.65. The van der Waals surface area contributed by atoms with Gasteiger partial charge in [-0.05, 0) is 48.2 Å². The fourth-order valence-electron chi connectivity index (χ4n) is 2.20. The predicted molar refractivity (Wildman–Crippen MR) is 79.5 cm³/mol. The molecule has 0 N–H and O–H groups in total. The molecule has 0 saturated carbocycles. The van der Waals surface area contributed by atoms with Crippen LogP contribution in [0.4, 0.5) is 0 Å². The minimum atomic E-state index is -0.795. The summed E-state index contributed by atoms with van der Waals surface area (Å²) in [5, 5.41) is 8.44. The predicted octanol–water partition coefficient (Wildman–Crippen LogP) is 3.82. The first-order valence-electron chi connectivity index (χ1n) is 6.31. The Morgan fingerprint density at radius 1 is 1.15 bits per heavy atom. The average molecular weight is 284 g/mol. The molecular formula is C17H14ClNO. The highest BCUT2D eigenvalue weighted by atomic mass is 35.5. The molecule has 0 fully saturated rings. The summed E-state index contributed by atoms with van der Waals surface area (Å²) in [5.74, 6) is 0. The van der Waals surface area contributed by atoms with E-state index in [-0.39, 0.29) is 0 Å². The topological polar surface area (TPSA) is 40.9 Å². The second-order valence-electron chi connectivity index (χ2n) is 4.96. The number of nitrogens with zero attached hydrogens (tertiary/aromatic N) is 1. The van der Waals surface area contributed by atoms with Gasteiger partial charge in [-0.25, -0.2) is 0 Å². The molecule has 2 rings (SSSR count). The van der Waals surface area contributed by atoms with Crippen LogP contribution in [0.1, 0.15) is 23.6 Å². The number of halogens is 1. The van der Waals surface area contributed by atoms with Gasteiger partial charge in [0.05, 0.1) is 17.0 Å². The van der Waals surface area contributed by atoms with Gasteiger partial charge in [0.1, 0.15) is 0 Å². The maximum absolute atomic E-state index is 11.9. The summed E-state index contributed by atoms with van der Waals surface area (Å²) >= 11 is 5.84. The number of benzene rings is 2. The Labute approximate surface area is 123 Å². The minimum absolute atomic E-state index is 0.397. The molecule has 1 atom stereocenters. The lowest BCUT2D eigenvalue weighted by Gasteiger charge is -2.26. The van der Waals surface area contributed by atoms with Gasteiger partial charge in [0, 0.05) is 0 Å². The van der Waals surface area contributed by atoms with Crippen LogP contribution in [0.2, 0.25) is 0 Å². The molecule has 0 amide bonds. The summed E-state index contributed by atoms with van der Waals surface area (Å²) < 4.78 is 0. The van der Waals surface area contributed by atoms with E-state index in [1.165, 1.54) is 0 Å². The molecule has 0 aromatic heterocycles. The van der Waals surface area contributed by atoms with Crippen molar-refractivity contribution in [2.24, 2.45) is 0 Å². The molecule has 0 aliphatic heterocycles. The van der Waals surface area contributed by atoms with Crippen LogP contribution in [0, 0.1) is 11.3 Å². The van der Waals surface area contributed by atoms with Crippen molar-refractivity contribution in [3.05, 3.63) is 71.3 Å². The van der Waals surface area contributed by atoms with Crippen molar-refractivity contribution in [1.82, 2.24) is 0 Å². The summed E-state index contributed by atoms with van der Waals surface area (Å²) in [5.41, 5.74) is 1.64. The number of hydrogen-bond donors (Lipinski definition) is 0. The molecule has 0 radical (unpaired) electrons. The second kappa shape index (κ2) is 5.90. The Kier molecular flexibility index (Phi) is 4.22. The maximum Gasteiger partial charge on any atom is 0.232 e. The highest BCUT2D eigenvalue weighted by Gasteiger charge is 2.34. The molecule has 2 nitrogen and oxygen atoms in total. The minimum Gasteiger partial charge on any atom is -0.280 e. The van der Waals surface area contributed by atoms with Crippen molar-refractivity contribution in [2.45, 2.75) is 18.8 Å². The highest BCUT2D eigenvalue weighted by Crippen LogP contribution is 2.31. The average Bonchev–Trinajstić information content (AvgIpc) is 2.48. The SMILES string of the molecule is CC(Cc1ccccc1)(C(=O)Cl)c1ccc(C#N)cc1. The Morgan fingerprint density at radius 2 is 1.75 bits per heavy atom. The third kappa shape index (κ3) is 2.89.